The maximum Gasteiger partial charge on any atom is 0.255 e. The van der Waals surface area contributed by atoms with Gasteiger partial charge in [0.25, 0.3) is 5.91 Å². The highest BCUT2D eigenvalue weighted by atomic mass is 16.3. The highest BCUT2D eigenvalue weighted by molar-refractivity contribution is 5.99. The summed E-state index contributed by atoms with van der Waals surface area (Å²) >= 11 is 0. The lowest BCUT2D eigenvalue weighted by Crippen LogP contribution is -2.44. The van der Waals surface area contributed by atoms with Crippen molar-refractivity contribution in [3.8, 4) is 11.3 Å². The van der Waals surface area contributed by atoms with E-state index in [4.69, 9.17) is 0 Å². The molecule has 1 fully saturated rings. The van der Waals surface area contributed by atoms with E-state index in [0.717, 1.165) is 37.7 Å². The molecule has 23 heavy (non-hydrogen) atoms. The van der Waals surface area contributed by atoms with E-state index in [9.17, 15) is 9.90 Å². The summed E-state index contributed by atoms with van der Waals surface area (Å²) in [4.78, 5) is 12.6. The molecule has 0 bridgehead atoms. The Balaban J connectivity index is 1.75. The monoisotopic (exact) mass is 313 g/mol. The first-order valence-corrected chi connectivity index (χ1v) is 8.17. The summed E-state index contributed by atoms with van der Waals surface area (Å²) < 4.78 is 1.65. The zero-order valence-electron chi connectivity index (χ0n) is 13.5. The van der Waals surface area contributed by atoms with Crippen molar-refractivity contribution in [1.29, 1.82) is 0 Å². The SMILES string of the molecule is Cn1cc(C(=O)NCC2(O)CCCCC2)c(-c2ccccc2)n1. The van der Waals surface area contributed by atoms with Crippen LogP contribution in [-0.4, -0.2) is 32.9 Å². The summed E-state index contributed by atoms with van der Waals surface area (Å²) in [5.41, 5.74) is 1.36. The number of aromatic nitrogens is 2. The van der Waals surface area contributed by atoms with Gasteiger partial charge in [-0.2, -0.15) is 5.10 Å². The van der Waals surface area contributed by atoms with E-state index < -0.39 is 5.60 Å². The number of hydrogen-bond acceptors (Lipinski definition) is 3. The molecule has 0 saturated heterocycles. The predicted molar refractivity (Wildman–Crippen MR) is 89.0 cm³/mol. The third-order valence-electron chi connectivity index (χ3n) is 4.48. The maximum atomic E-state index is 12.6. The normalized spacial score (nSPS) is 17.0. The van der Waals surface area contributed by atoms with Gasteiger partial charge < -0.3 is 10.4 Å². The molecule has 1 aliphatic carbocycles. The molecule has 5 nitrogen and oxygen atoms in total. The van der Waals surface area contributed by atoms with Gasteiger partial charge in [0.1, 0.15) is 5.69 Å². The molecule has 1 aromatic carbocycles. The van der Waals surface area contributed by atoms with Crippen LogP contribution >= 0.6 is 0 Å². The number of aryl methyl sites for hydroxylation is 1. The largest absolute Gasteiger partial charge is 0.388 e. The Kier molecular flexibility index (Phi) is 4.48. The van der Waals surface area contributed by atoms with E-state index in [2.05, 4.69) is 10.4 Å². The smallest absolute Gasteiger partial charge is 0.255 e. The molecular formula is C18H23N3O2. The van der Waals surface area contributed by atoms with Gasteiger partial charge in [0, 0.05) is 25.4 Å². The Morgan fingerprint density at radius 1 is 1.26 bits per heavy atom. The zero-order chi connectivity index (χ0) is 16.3. The van der Waals surface area contributed by atoms with E-state index >= 15 is 0 Å². The van der Waals surface area contributed by atoms with Gasteiger partial charge in [-0.15, -0.1) is 0 Å². The van der Waals surface area contributed by atoms with Gasteiger partial charge in [0.15, 0.2) is 0 Å². The third kappa shape index (κ3) is 3.62. The van der Waals surface area contributed by atoms with Crippen LogP contribution in [0.4, 0.5) is 0 Å². The van der Waals surface area contributed by atoms with Crippen LogP contribution in [0.5, 0.6) is 0 Å². The quantitative estimate of drug-likeness (QED) is 0.911. The van der Waals surface area contributed by atoms with Gasteiger partial charge in [-0.1, -0.05) is 49.6 Å². The number of amides is 1. The summed E-state index contributed by atoms with van der Waals surface area (Å²) in [6.45, 7) is 0.301. The van der Waals surface area contributed by atoms with Crippen molar-refractivity contribution < 1.29 is 9.90 Å². The number of nitrogens with zero attached hydrogens (tertiary/aromatic N) is 2. The van der Waals surface area contributed by atoms with Crippen LogP contribution < -0.4 is 5.32 Å². The number of aliphatic hydroxyl groups is 1. The second-order valence-corrected chi connectivity index (χ2v) is 6.40. The molecule has 0 spiro atoms. The van der Waals surface area contributed by atoms with E-state index in [1.165, 1.54) is 0 Å². The fraction of sp³-hybridized carbons (Fsp3) is 0.444. The Labute approximate surface area is 136 Å². The maximum absolute atomic E-state index is 12.6. The summed E-state index contributed by atoms with van der Waals surface area (Å²) in [5, 5.41) is 17.8. The highest BCUT2D eigenvalue weighted by Crippen LogP contribution is 2.27. The number of carbonyl (C=O) groups excluding carboxylic acids is 1. The molecule has 1 saturated carbocycles. The Bertz CT molecular complexity index is 673. The first-order chi connectivity index (χ1) is 11.1. The molecule has 122 valence electrons. The van der Waals surface area contributed by atoms with E-state index in [-0.39, 0.29) is 5.91 Å². The number of benzene rings is 1. The lowest BCUT2D eigenvalue weighted by molar-refractivity contribution is 0.00526. The zero-order valence-corrected chi connectivity index (χ0v) is 13.5. The Morgan fingerprint density at radius 2 is 1.96 bits per heavy atom. The van der Waals surface area contributed by atoms with Crippen LogP contribution in [-0.2, 0) is 7.05 Å². The van der Waals surface area contributed by atoms with Crippen LogP contribution in [0.2, 0.25) is 0 Å². The van der Waals surface area contributed by atoms with Crippen molar-refractivity contribution >= 4 is 5.91 Å². The summed E-state index contributed by atoms with van der Waals surface area (Å²) in [6, 6.07) is 9.67. The minimum Gasteiger partial charge on any atom is -0.388 e. The molecule has 1 aliphatic rings. The molecule has 0 unspecified atom stereocenters. The van der Waals surface area contributed by atoms with Crippen molar-refractivity contribution in [2.75, 3.05) is 6.54 Å². The van der Waals surface area contributed by atoms with Crippen LogP contribution in [0, 0.1) is 0 Å². The van der Waals surface area contributed by atoms with Crippen LogP contribution in [0.1, 0.15) is 42.5 Å². The predicted octanol–water partition coefficient (Wildman–Crippen LogP) is 2.51. The molecule has 0 atom stereocenters. The molecule has 2 aromatic rings. The molecule has 2 N–H and O–H groups in total. The van der Waals surface area contributed by atoms with Crippen LogP contribution in [0.25, 0.3) is 11.3 Å². The molecule has 1 heterocycles. The average molecular weight is 313 g/mol. The van der Waals surface area contributed by atoms with Gasteiger partial charge in [-0.05, 0) is 12.8 Å². The second-order valence-electron chi connectivity index (χ2n) is 6.40. The molecule has 3 rings (SSSR count). The average Bonchev–Trinajstić information content (AvgIpc) is 2.96. The van der Waals surface area contributed by atoms with E-state index in [1.54, 1.807) is 17.9 Å². The fourth-order valence-electron chi connectivity index (χ4n) is 3.19. The minimum absolute atomic E-state index is 0.184. The number of carbonyl (C=O) groups is 1. The van der Waals surface area contributed by atoms with Crippen LogP contribution in [0.15, 0.2) is 36.5 Å². The van der Waals surface area contributed by atoms with Crippen molar-refractivity contribution in [2.24, 2.45) is 7.05 Å². The molecule has 1 aromatic heterocycles. The third-order valence-corrected chi connectivity index (χ3v) is 4.48. The van der Waals surface area contributed by atoms with Gasteiger partial charge in [0.2, 0.25) is 0 Å². The summed E-state index contributed by atoms with van der Waals surface area (Å²) in [5.74, 6) is -0.184. The van der Waals surface area contributed by atoms with Crippen molar-refractivity contribution in [3.05, 3.63) is 42.1 Å². The first-order valence-electron chi connectivity index (χ1n) is 8.17. The standard InChI is InChI=1S/C18H23N3O2/c1-21-12-15(16(20-21)14-8-4-2-5-9-14)17(22)19-13-18(23)10-6-3-7-11-18/h2,4-5,8-9,12,23H,3,6-7,10-11,13H2,1H3,(H,19,22). The topological polar surface area (TPSA) is 67.2 Å². The number of nitrogens with one attached hydrogen (secondary N) is 1. The summed E-state index contributed by atoms with van der Waals surface area (Å²) in [6.07, 6.45) is 6.44. The van der Waals surface area contributed by atoms with Gasteiger partial charge in [-0.3, -0.25) is 9.48 Å². The summed E-state index contributed by atoms with van der Waals surface area (Å²) in [7, 11) is 1.80. The molecule has 0 aliphatic heterocycles. The lowest BCUT2D eigenvalue weighted by atomic mass is 9.85. The number of rotatable bonds is 4. The Hall–Kier alpha value is -2.14. The number of hydrogen-bond donors (Lipinski definition) is 2. The van der Waals surface area contributed by atoms with E-state index in [1.807, 2.05) is 30.3 Å². The van der Waals surface area contributed by atoms with Crippen molar-refractivity contribution in [3.63, 3.8) is 0 Å². The van der Waals surface area contributed by atoms with Crippen LogP contribution in [0.3, 0.4) is 0 Å². The lowest BCUT2D eigenvalue weighted by Gasteiger charge is -2.32. The van der Waals surface area contributed by atoms with Gasteiger partial charge in [0.05, 0.1) is 11.2 Å². The molecule has 0 radical (unpaired) electrons. The highest BCUT2D eigenvalue weighted by Gasteiger charge is 2.30. The molecule has 1 amide bonds. The minimum atomic E-state index is -0.761. The van der Waals surface area contributed by atoms with Crippen molar-refractivity contribution in [1.82, 2.24) is 15.1 Å². The van der Waals surface area contributed by atoms with Gasteiger partial charge >= 0.3 is 0 Å². The van der Waals surface area contributed by atoms with Gasteiger partial charge in [-0.25, -0.2) is 0 Å². The molecular weight excluding hydrogens is 290 g/mol. The van der Waals surface area contributed by atoms with Crippen molar-refractivity contribution in [2.45, 2.75) is 37.7 Å². The second kappa shape index (κ2) is 6.54. The van der Waals surface area contributed by atoms with E-state index in [0.29, 0.717) is 17.8 Å². The molecule has 5 heteroatoms. The Morgan fingerprint density at radius 3 is 2.65 bits per heavy atom. The fourth-order valence-corrected chi connectivity index (χ4v) is 3.19. The first kappa shape index (κ1) is 15.7.